The SMILES string of the molecule is CCCNCC(O)c1ccc(C(=O)OC)cc1. The molecule has 94 valence electrons. The Balaban J connectivity index is 2.57. The van der Waals surface area contributed by atoms with Crippen LogP contribution in [0, 0.1) is 0 Å². The van der Waals surface area contributed by atoms with Crippen LogP contribution in [0.1, 0.15) is 35.4 Å². The van der Waals surface area contributed by atoms with Crippen LogP contribution in [-0.4, -0.2) is 31.3 Å². The van der Waals surface area contributed by atoms with Gasteiger partial charge >= 0.3 is 5.97 Å². The molecule has 0 aliphatic heterocycles. The zero-order valence-electron chi connectivity index (χ0n) is 10.3. The van der Waals surface area contributed by atoms with Crippen LogP contribution in [0.15, 0.2) is 24.3 Å². The molecule has 0 fully saturated rings. The number of rotatable bonds is 6. The second-order valence-corrected chi connectivity index (χ2v) is 3.83. The third kappa shape index (κ3) is 4.17. The maximum atomic E-state index is 11.2. The first-order valence-corrected chi connectivity index (χ1v) is 5.76. The van der Waals surface area contributed by atoms with Gasteiger partial charge in [0, 0.05) is 6.54 Å². The highest BCUT2D eigenvalue weighted by Crippen LogP contribution is 2.13. The molecule has 1 unspecified atom stereocenters. The fraction of sp³-hybridized carbons (Fsp3) is 0.462. The van der Waals surface area contributed by atoms with Gasteiger partial charge in [0.15, 0.2) is 0 Å². The van der Waals surface area contributed by atoms with E-state index in [1.807, 2.05) is 0 Å². The smallest absolute Gasteiger partial charge is 0.337 e. The zero-order valence-corrected chi connectivity index (χ0v) is 10.3. The average Bonchev–Trinajstić information content (AvgIpc) is 2.38. The Morgan fingerprint density at radius 3 is 2.59 bits per heavy atom. The molecule has 0 bridgehead atoms. The largest absolute Gasteiger partial charge is 0.465 e. The summed E-state index contributed by atoms with van der Waals surface area (Å²) in [5.74, 6) is -0.366. The first-order valence-electron chi connectivity index (χ1n) is 5.76. The van der Waals surface area contributed by atoms with Gasteiger partial charge in [0.2, 0.25) is 0 Å². The summed E-state index contributed by atoms with van der Waals surface area (Å²) < 4.78 is 4.60. The summed E-state index contributed by atoms with van der Waals surface area (Å²) in [6.45, 7) is 3.48. The molecule has 4 nitrogen and oxygen atoms in total. The number of hydrogen-bond donors (Lipinski definition) is 2. The third-order valence-corrected chi connectivity index (χ3v) is 2.48. The Hall–Kier alpha value is -1.39. The van der Waals surface area contributed by atoms with Crippen LogP contribution in [0.2, 0.25) is 0 Å². The quantitative estimate of drug-likeness (QED) is 0.581. The van der Waals surface area contributed by atoms with Gasteiger partial charge in [0.05, 0.1) is 18.8 Å². The Morgan fingerprint density at radius 1 is 1.41 bits per heavy atom. The van der Waals surface area contributed by atoms with Gasteiger partial charge in [-0.05, 0) is 30.7 Å². The summed E-state index contributed by atoms with van der Waals surface area (Å²) >= 11 is 0. The number of carbonyl (C=O) groups excluding carboxylic acids is 1. The van der Waals surface area contributed by atoms with Crippen molar-refractivity contribution in [3.05, 3.63) is 35.4 Å². The third-order valence-electron chi connectivity index (χ3n) is 2.48. The van der Waals surface area contributed by atoms with E-state index in [-0.39, 0.29) is 5.97 Å². The van der Waals surface area contributed by atoms with Crippen molar-refractivity contribution in [3.63, 3.8) is 0 Å². The molecular formula is C13H19NO3. The summed E-state index contributed by atoms with van der Waals surface area (Å²) in [6, 6.07) is 6.80. The molecule has 0 amide bonds. The fourth-order valence-corrected chi connectivity index (χ4v) is 1.49. The number of carbonyl (C=O) groups is 1. The molecule has 0 saturated carbocycles. The zero-order chi connectivity index (χ0) is 12.7. The van der Waals surface area contributed by atoms with Crippen molar-refractivity contribution in [3.8, 4) is 0 Å². The van der Waals surface area contributed by atoms with E-state index in [0.29, 0.717) is 12.1 Å². The number of methoxy groups -OCH3 is 1. The van der Waals surface area contributed by atoms with E-state index in [0.717, 1.165) is 18.5 Å². The Morgan fingerprint density at radius 2 is 2.06 bits per heavy atom. The molecule has 0 aliphatic carbocycles. The van der Waals surface area contributed by atoms with Crippen molar-refractivity contribution < 1.29 is 14.6 Å². The molecule has 17 heavy (non-hydrogen) atoms. The van der Waals surface area contributed by atoms with Gasteiger partial charge in [-0.3, -0.25) is 0 Å². The fourth-order valence-electron chi connectivity index (χ4n) is 1.49. The van der Waals surface area contributed by atoms with Crippen molar-refractivity contribution in [2.75, 3.05) is 20.2 Å². The summed E-state index contributed by atoms with van der Waals surface area (Å²) in [5, 5.41) is 13.0. The van der Waals surface area contributed by atoms with E-state index in [4.69, 9.17) is 0 Å². The highest BCUT2D eigenvalue weighted by atomic mass is 16.5. The molecule has 0 heterocycles. The number of nitrogens with one attached hydrogen (secondary N) is 1. The van der Waals surface area contributed by atoms with Crippen LogP contribution in [-0.2, 0) is 4.74 Å². The summed E-state index contributed by atoms with van der Waals surface area (Å²) in [7, 11) is 1.35. The van der Waals surface area contributed by atoms with Crippen LogP contribution < -0.4 is 5.32 Å². The maximum Gasteiger partial charge on any atom is 0.337 e. The van der Waals surface area contributed by atoms with Crippen molar-refractivity contribution in [1.82, 2.24) is 5.32 Å². The highest BCUT2D eigenvalue weighted by Gasteiger charge is 2.09. The van der Waals surface area contributed by atoms with Gasteiger partial charge in [-0.15, -0.1) is 0 Å². The predicted octanol–water partition coefficient (Wildman–Crippen LogP) is 1.51. The molecule has 2 N–H and O–H groups in total. The molecule has 0 spiro atoms. The Kier molecular flexibility index (Phi) is 5.66. The van der Waals surface area contributed by atoms with Crippen molar-refractivity contribution >= 4 is 5.97 Å². The lowest BCUT2D eigenvalue weighted by Gasteiger charge is -2.12. The van der Waals surface area contributed by atoms with Crippen LogP contribution in [0.3, 0.4) is 0 Å². The lowest BCUT2D eigenvalue weighted by atomic mass is 10.1. The Bertz CT molecular complexity index is 348. The minimum Gasteiger partial charge on any atom is -0.465 e. The van der Waals surface area contributed by atoms with E-state index in [1.54, 1.807) is 24.3 Å². The molecule has 4 heteroatoms. The summed E-state index contributed by atoms with van der Waals surface area (Å²) in [4.78, 5) is 11.2. The molecule has 0 aromatic heterocycles. The summed E-state index contributed by atoms with van der Waals surface area (Å²) in [6.07, 6.45) is 0.488. The van der Waals surface area contributed by atoms with Gasteiger partial charge in [-0.1, -0.05) is 19.1 Å². The molecule has 1 rings (SSSR count). The molecule has 1 aromatic rings. The van der Waals surface area contributed by atoms with E-state index in [1.165, 1.54) is 7.11 Å². The van der Waals surface area contributed by atoms with Gasteiger partial charge in [-0.25, -0.2) is 4.79 Å². The lowest BCUT2D eigenvalue weighted by molar-refractivity contribution is 0.0600. The Labute approximate surface area is 102 Å². The van der Waals surface area contributed by atoms with E-state index < -0.39 is 6.10 Å². The van der Waals surface area contributed by atoms with Crippen LogP contribution in [0.5, 0.6) is 0 Å². The van der Waals surface area contributed by atoms with Gasteiger partial charge in [-0.2, -0.15) is 0 Å². The second kappa shape index (κ2) is 7.04. The normalized spacial score (nSPS) is 12.2. The van der Waals surface area contributed by atoms with Gasteiger partial charge in [0.25, 0.3) is 0 Å². The van der Waals surface area contributed by atoms with Crippen molar-refractivity contribution in [1.29, 1.82) is 0 Å². The first kappa shape index (κ1) is 13.7. The molecule has 0 aliphatic rings. The molecule has 0 radical (unpaired) electrons. The average molecular weight is 237 g/mol. The molecule has 1 aromatic carbocycles. The van der Waals surface area contributed by atoms with Crippen molar-refractivity contribution in [2.45, 2.75) is 19.4 Å². The van der Waals surface area contributed by atoms with E-state index in [2.05, 4.69) is 17.0 Å². The van der Waals surface area contributed by atoms with Crippen molar-refractivity contribution in [2.24, 2.45) is 0 Å². The van der Waals surface area contributed by atoms with E-state index >= 15 is 0 Å². The number of hydrogen-bond acceptors (Lipinski definition) is 4. The number of benzene rings is 1. The molecule has 0 saturated heterocycles. The number of aliphatic hydroxyl groups excluding tert-OH is 1. The molecule has 1 atom stereocenters. The standard InChI is InChI=1S/C13H19NO3/c1-3-8-14-9-12(15)10-4-6-11(7-5-10)13(16)17-2/h4-7,12,14-15H,3,8-9H2,1-2H3. The number of aliphatic hydroxyl groups is 1. The topological polar surface area (TPSA) is 58.6 Å². The number of ether oxygens (including phenoxy) is 1. The highest BCUT2D eigenvalue weighted by molar-refractivity contribution is 5.89. The van der Waals surface area contributed by atoms with Gasteiger partial charge < -0.3 is 15.2 Å². The molecular weight excluding hydrogens is 218 g/mol. The second-order valence-electron chi connectivity index (χ2n) is 3.83. The van der Waals surface area contributed by atoms with E-state index in [9.17, 15) is 9.90 Å². The van der Waals surface area contributed by atoms with Crippen LogP contribution in [0.4, 0.5) is 0 Å². The number of esters is 1. The van der Waals surface area contributed by atoms with Gasteiger partial charge in [0.1, 0.15) is 0 Å². The minimum absolute atomic E-state index is 0.366. The monoisotopic (exact) mass is 237 g/mol. The lowest BCUT2D eigenvalue weighted by Crippen LogP contribution is -2.22. The predicted molar refractivity (Wildman–Crippen MR) is 65.9 cm³/mol. The first-order chi connectivity index (χ1) is 8.19. The maximum absolute atomic E-state index is 11.2. The summed E-state index contributed by atoms with van der Waals surface area (Å²) in [5.41, 5.74) is 1.28. The van der Waals surface area contributed by atoms with Crippen LogP contribution >= 0.6 is 0 Å². The van der Waals surface area contributed by atoms with Crippen LogP contribution in [0.25, 0.3) is 0 Å². The minimum atomic E-state index is -0.548.